The lowest BCUT2D eigenvalue weighted by Gasteiger charge is -2.40. The summed E-state index contributed by atoms with van der Waals surface area (Å²) in [5.41, 5.74) is 7.18. The minimum atomic E-state index is -4.27. The van der Waals surface area contributed by atoms with Gasteiger partial charge in [-0.2, -0.15) is 13.2 Å². The lowest BCUT2D eigenvalue weighted by molar-refractivity contribution is -0.128. The van der Waals surface area contributed by atoms with Crippen molar-refractivity contribution >= 4 is 5.69 Å². The summed E-state index contributed by atoms with van der Waals surface area (Å²) in [4.78, 5) is 6.11. The Morgan fingerprint density at radius 3 is 2.59 bits per heavy atom. The molecule has 0 radical (unpaired) electrons. The fourth-order valence-corrected chi connectivity index (χ4v) is 2.98. The van der Waals surface area contributed by atoms with Gasteiger partial charge in [0.25, 0.3) is 0 Å². The Balaban J connectivity index is 1.99. The summed E-state index contributed by atoms with van der Waals surface area (Å²) in [5.74, 6) is 0.513. The highest BCUT2D eigenvalue weighted by Crippen LogP contribution is 2.34. The van der Waals surface area contributed by atoms with E-state index in [0.717, 1.165) is 5.69 Å². The number of nitrogens with two attached hydrogens (primary N) is 1. The predicted octanol–water partition coefficient (Wildman–Crippen LogP) is 3.03. The summed E-state index contributed by atoms with van der Waals surface area (Å²) in [6.45, 7) is 2.39. The van der Waals surface area contributed by atoms with Crippen LogP contribution in [0.5, 0.6) is 0 Å². The molecule has 2 heterocycles. The van der Waals surface area contributed by atoms with Crippen LogP contribution in [0.25, 0.3) is 0 Å². The molecule has 2 N–H and O–H groups in total. The second-order valence-corrected chi connectivity index (χ2v) is 5.50. The molecule has 1 aliphatic rings. The van der Waals surface area contributed by atoms with Crippen LogP contribution in [0.1, 0.15) is 30.6 Å². The molecular weight excluding hydrogens is 293 g/mol. The highest BCUT2D eigenvalue weighted by molar-refractivity contribution is 5.48. The summed E-state index contributed by atoms with van der Waals surface area (Å²) in [6.07, 6.45) is -4.25. The van der Waals surface area contributed by atoms with Gasteiger partial charge >= 0.3 is 6.18 Å². The average molecular weight is 310 g/mol. The minimum Gasteiger partial charge on any atom is -0.349 e. The lowest BCUT2D eigenvalue weighted by atomic mass is 10.1. The molecule has 0 saturated carbocycles. The number of fused-ring (bicyclic) bond motifs is 1. The zero-order valence-electron chi connectivity index (χ0n) is 12.1. The second-order valence-electron chi connectivity index (χ2n) is 5.50. The highest BCUT2D eigenvalue weighted by atomic mass is 19.4. The molecule has 1 aliphatic heterocycles. The van der Waals surface area contributed by atoms with Crippen LogP contribution in [0, 0.1) is 0 Å². The van der Waals surface area contributed by atoms with E-state index >= 15 is 0 Å². The Morgan fingerprint density at radius 1 is 1.27 bits per heavy atom. The smallest absolute Gasteiger partial charge is 0.349 e. The van der Waals surface area contributed by atoms with Gasteiger partial charge in [-0.3, -0.25) is 0 Å². The summed E-state index contributed by atoms with van der Waals surface area (Å²) in [6, 6.07) is 9.12. The minimum absolute atomic E-state index is 0.145. The largest absolute Gasteiger partial charge is 0.394 e. The molecule has 0 spiro atoms. The van der Waals surface area contributed by atoms with E-state index in [0.29, 0.717) is 12.4 Å². The molecule has 0 aliphatic carbocycles. The maximum Gasteiger partial charge on any atom is 0.394 e. The van der Waals surface area contributed by atoms with E-state index in [-0.39, 0.29) is 11.9 Å². The van der Waals surface area contributed by atoms with Crippen LogP contribution in [0.3, 0.4) is 0 Å². The summed E-state index contributed by atoms with van der Waals surface area (Å²) in [5, 5.41) is 0. The number of halogens is 3. The normalized spacial score (nSPS) is 21.8. The van der Waals surface area contributed by atoms with E-state index < -0.39 is 18.6 Å². The van der Waals surface area contributed by atoms with Crippen LogP contribution >= 0.6 is 0 Å². The van der Waals surface area contributed by atoms with Crippen LogP contribution in [-0.2, 0) is 6.42 Å². The van der Waals surface area contributed by atoms with Crippen molar-refractivity contribution in [2.75, 3.05) is 11.4 Å². The van der Waals surface area contributed by atoms with Gasteiger partial charge in [-0.05, 0) is 19.1 Å². The van der Waals surface area contributed by atoms with Crippen molar-refractivity contribution < 1.29 is 13.2 Å². The molecule has 1 aromatic carbocycles. The van der Waals surface area contributed by atoms with E-state index in [1.54, 1.807) is 4.57 Å². The maximum atomic E-state index is 12.7. The molecule has 0 saturated heterocycles. The lowest BCUT2D eigenvalue weighted by Crippen LogP contribution is -2.44. The quantitative estimate of drug-likeness (QED) is 0.927. The van der Waals surface area contributed by atoms with Crippen molar-refractivity contribution in [1.82, 2.24) is 9.55 Å². The third-order valence-electron chi connectivity index (χ3n) is 3.92. The number of imidazole rings is 1. The third kappa shape index (κ3) is 2.68. The monoisotopic (exact) mass is 310 g/mol. The Bertz CT molecular complexity index is 651. The summed E-state index contributed by atoms with van der Waals surface area (Å²) >= 11 is 0. The average Bonchev–Trinajstić information content (AvgIpc) is 2.86. The molecule has 0 fully saturated rings. The standard InChI is InChI=1S/C15H17F3N4/c1-10-21(11-5-3-2-4-6-11)9-13(19)14-20-8-12(22(10)14)7-15(16,17)18/h2-6,8,10,13H,7,9,19H2,1H3/t10-,13+/m1/s1. The second kappa shape index (κ2) is 5.31. The van der Waals surface area contributed by atoms with Crippen LogP contribution in [0.2, 0.25) is 0 Å². The van der Waals surface area contributed by atoms with E-state index in [4.69, 9.17) is 5.73 Å². The topological polar surface area (TPSA) is 47.1 Å². The van der Waals surface area contributed by atoms with Crippen molar-refractivity contribution in [3.05, 3.63) is 48.0 Å². The van der Waals surface area contributed by atoms with E-state index in [9.17, 15) is 13.2 Å². The number of nitrogens with zero attached hydrogens (tertiary/aromatic N) is 3. The zero-order valence-corrected chi connectivity index (χ0v) is 12.1. The number of para-hydroxylation sites is 1. The Kier molecular flexibility index (Phi) is 3.60. The van der Waals surface area contributed by atoms with Crippen molar-refractivity contribution in [3.63, 3.8) is 0 Å². The molecule has 7 heteroatoms. The Hall–Kier alpha value is -2.02. The molecule has 2 atom stereocenters. The van der Waals surface area contributed by atoms with Gasteiger partial charge in [0.15, 0.2) is 0 Å². The molecule has 1 aromatic heterocycles. The first kappa shape index (κ1) is 14.9. The van der Waals surface area contributed by atoms with E-state index in [1.165, 1.54) is 6.20 Å². The molecule has 22 heavy (non-hydrogen) atoms. The van der Waals surface area contributed by atoms with E-state index in [1.807, 2.05) is 42.2 Å². The van der Waals surface area contributed by atoms with Gasteiger partial charge in [0.2, 0.25) is 0 Å². The first-order valence-electron chi connectivity index (χ1n) is 7.07. The number of aromatic nitrogens is 2. The summed E-state index contributed by atoms with van der Waals surface area (Å²) in [7, 11) is 0. The highest BCUT2D eigenvalue weighted by Gasteiger charge is 2.36. The van der Waals surface area contributed by atoms with Crippen LogP contribution in [-0.4, -0.2) is 22.3 Å². The summed E-state index contributed by atoms with van der Waals surface area (Å²) < 4.78 is 39.8. The van der Waals surface area contributed by atoms with Gasteiger partial charge in [-0.15, -0.1) is 0 Å². The number of rotatable bonds is 2. The number of alkyl halides is 3. The number of hydrogen-bond acceptors (Lipinski definition) is 3. The van der Waals surface area contributed by atoms with Gasteiger partial charge < -0.3 is 15.2 Å². The number of hydrogen-bond donors (Lipinski definition) is 1. The van der Waals surface area contributed by atoms with Crippen LogP contribution < -0.4 is 10.6 Å². The van der Waals surface area contributed by atoms with Crippen LogP contribution in [0.15, 0.2) is 36.5 Å². The van der Waals surface area contributed by atoms with Crippen molar-refractivity contribution in [2.24, 2.45) is 5.73 Å². The first-order valence-corrected chi connectivity index (χ1v) is 7.07. The predicted molar refractivity (Wildman–Crippen MR) is 77.4 cm³/mol. The molecule has 2 aromatic rings. The number of anilines is 1. The molecule has 118 valence electrons. The fraction of sp³-hybridized carbons (Fsp3) is 0.400. The molecular formula is C15H17F3N4. The first-order chi connectivity index (χ1) is 10.4. The van der Waals surface area contributed by atoms with E-state index in [2.05, 4.69) is 4.98 Å². The van der Waals surface area contributed by atoms with Crippen molar-refractivity contribution in [3.8, 4) is 0 Å². The molecule has 0 amide bonds. The molecule has 3 rings (SSSR count). The van der Waals surface area contributed by atoms with Crippen LogP contribution in [0.4, 0.5) is 18.9 Å². The van der Waals surface area contributed by atoms with Gasteiger partial charge in [-0.25, -0.2) is 4.98 Å². The van der Waals surface area contributed by atoms with Gasteiger partial charge in [0, 0.05) is 24.1 Å². The van der Waals surface area contributed by atoms with Gasteiger partial charge in [0.1, 0.15) is 12.0 Å². The maximum absolute atomic E-state index is 12.7. The molecule has 0 bridgehead atoms. The zero-order chi connectivity index (χ0) is 15.9. The Labute approximate surface area is 126 Å². The fourth-order valence-electron chi connectivity index (χ4n) is 2.98. The molecule has 4 nitrogen and oxygen atoms in total. The van der Waals surface area contributed by atoms with Crippen molar-refractivity contribution in [1.29, 1.82) is 0 Å². The van der Waals surface area contributed by atoms with Crippen molar-refractivity contribution in [2.45, 2.75) is 31.7 Å². The Morgan fingerprint density at radius 2 is 1.95 bits per heavy atom. The number of benzene rings is 1. The van der Waals surface area contributed by atoms with Gasteiger partial charge in [-0.1, -0.05) is 18.2 Å². The SMILES string of the molecule is C[C@@H]1N(c2ccccc2)C[C@H](N)c2ncc(CC(F)(F)F)n21. The third-order valence-corrected chi connectivity index (χ3v) is 3.92. The van der Waals surface area contributed by atoms with Gasteiger partial charge in [0.05, 0.1) is 12.5 Å². The molecule has 0 unspecified atom stereocenters.